The molecule has 1 amide bonds. The second-order valence-corrected chi connectivity index (χ2v) is 5.67. The van der Waals surface area contributed by atoms with Crippen molar-refractivity contribution in [2.45, 2.75) is 57.3 Å². The number of rotatable bonds is 6. The topological polar surface area (TPSA) is 70.6 Å². The monoisotopic (exact) mass is 270 g/mol. The third kappa shape index (κ3) is 4.16. The highest BCUT2D eigenvalue weighted by Crippen LogP contribution is 2.23. The SMILES string of the molecule is CCC(OC1CCCC1)C(=O)NCC1CNCC1O. The van der Waals surface area contributed by atoms with Crippen LogP contribution in [0, 0.1) is 5.92 Å². The predicted molar refractivity (Wildman–Crippen MR) is 72.8 cm³/mol. The molecule has 0 aromatic heterocycles. The molecule has 5 nitrogen and oxygen atoms in total. The number of hydrogen-bond donors (Lipinski definition) is 3. The average Bonchev–Trinajstić information content (AvgIpc) is 3.04. The molecule has 3 atom stereocenters. The summed E-state index contributed by atoms with van der Waals surface area (Å²) in [5, 5.41) is 15.7. The number of β-amino-alcohol motifs (C(OH)–C–C–N with tert-alkyl or cyclic N) is 1. The minimum Gasteiger partial charge on any atom is -0.391 e. The molecule has 0 spiro atoms. The molecule has 1 saturated carbocycles. The molecule has 0 bridgehead atoms. The number of carbonyl (C=O) groups excluding carboxylic acids is 1. The Morgan fingerprint density at radius 3 is 2.74 bits per heavy atom. The van der Waals surface area contributed by atoms with Gasteiger partial charge in [0.1, 0.15) is 6.10 Å². The third-order valence-electron chi connectivity index (χ3n) is 4.16. The van der Waals surface area contributed by atoms with Crippen LogP contribution < -0.4 is 10.6 Å². The van der Waals surface area contributed by atoms with Crippen LogP contribution in [0.5, 0.6) is 0 Å². The summed E-state index contributed by atoms with van der Waals surface area (Å²) in [6.07, 6.45) is 4.85. The first-order valence-corrected chi connectivity index (χ1v) is 7.52. The van der Waals surface area contributed by atoms with Gasteiger partial charge < -0.3 is 20.5 Å². The molecule has 3 unspecified atom stereocenters. The fourth-order valence-corrected chi connectivity index (χ4v) is 2.87. The van der Waals surface area contributed by atoms with Crippen molar-refractivity contribution in [3.8, 4) is 0 Å². The molecule has 0 radical (unpaired) electrons. The lowest BCUT2D eigenvalue weighted by molar-refractivity contribution is -0.137. The van der Waals surface area contributed by atoms with Crippen molar-refractivity contribution < 1.29 is 14.6 Å². The Morgan fingerprint density at radius 2 is 2.16 bits per heavy atom. The fraction of sp³-hybridized carbons (Fsp3) is 0.929. The lowest BCUT2D eigenvalue weighted by Gasteiger charge is -2.21. The molecular weight excluding hydrogens is 244 g/mol. The van der Waals surface area contributed by atoms with Gasteiger partial charge in [0, 0.05) is 25.6 Å². The Morgan fingerprint density at radius 1 is 1.42 bits per heavy atom. The van der Waals surface area contributed by atoms with E-state index >= 15 is 0 Å². The van der Waals surface area contributed by atoms with E-state index in [0.29, 0.717) is 19.5 Å². The Kier molecular flexibility index (Phi) is 5.60. The molecule has 1 aliphatic carbocycles. The van der Waals surface area contributed by atoms with Crippen molar-refractivity contribution in [1.29, 1.82) is 0 Å². The van der Waals surface area contributed by atoms with Gasteiger partial charge >= 0.3 is 0 Å². The molecule has 5 heteroatoms. The Labute approximate surface area is 115 Å². The zero-order valence-corrected chi connectivity index (χ0v) is 11.7. The van der Waals surface area contributed by atoms with Gasteiger partial charge in [0.15, 0.2) is 0 Å². The first-order valence-electron chi connectivity index (χ1n) is 7.52. The smallest absolute Gasteiger partial charge is 0.249 e. The maximum absolute atomic E-state index is 12.1. The number of ether oxygens (including phenoxy) is 1. The number of nitrogens with one attached hydrogen (secondary N) is 2. The van der Waals surface area contributed by atoms with Gasteiger partial charge in [-0.25, -0.2) is 0 Å². The van der Waals surface area contributed by atoms with Crippen LogP contribution in [-0.2, 0) is 9.53 Å². The minimum absolute atomic E-state index is 0.0338. The highest BCUT2D eigenvalue weighted by atomic mass is 16.5. The fourth-order valence-electron chi connectivity index (χ4n) is 2.87. The number of aliphatic hydroxyl groups is 1. The van der Waals surface area contributed by atoms with Crippen LogP contribution in [0.2, 0.25) is 0 Å². The summed E-state index contributed by atoms with van der Waals surface area (Å²) in [6, 6.07) is 0. The summed E-state index contributed by atoms with van der Waals surface area (Å²) in [5.74, 6) is 0.0847. The van der Waals surface area contributed by atoms with Crippen LogP contribution in [0.15, 0.2) is 0 Å². The summed E-state index contributed by atoms with van der Waals surface area (Å²) in [6.45, 7) is 3.89. The third-order valence-corrected chi connectivity index (χ3v) is 4.16. The van der Waals surface area contributed by atoms with Gasteiger partial charge in [0.25, 0.3) is 0 Å². The molecule has 0 aromatic rings. The Hall–Kier alpha value is -0.650. The summed E-state index contributed by atoms with van der Waals surface area (Å²) >= 11 is 0. The molecule has 1 heterocycles. The van der Waals surface area contributed by atoms with Gasteiger partial charge in [-0.05, 0) is 19.3 Å². The average molecular weight is 270 g/mol. The van der Waals surface area contributed by atoms with E-state index in [1.807, 2.05) is 6.92 Å². The van der Waals surface area contributed by atoms with Crippen LogP contribution in [0.25, 0.3) is 0 Å². The first kappa shape index (κ1) is 14.8. The van der Waals surface area contributed by atoms with Gasteiger partial charge in [0.2, 0.25) is 5.91 Å². The minimum atomic E-state index is -0.351. The maximum atomic E-state index is 12.1. The number of carbonyl (C=O) groups is 1. The predicted octanol–water partition coefficient (Wildman–Crippen LogP) is 0.421. The molecule has 19 heavy (non-hydrogen) atoms. The van der Waals surface area contributed by atoms with Crippen molar-refractivity contribution in [3.63, 3.8) is 0 Å². The second kappa shape index (κ2) is 7.22. The van der Waals surface area contributed by atoms with Crippen molar-refractivity contribution in [2.75, 3.05) is 19.6 Å². The first-order chi connectivity index (χ1) is 9.20. The molecular formula is C14H26N2O3. The van der Waals surface area contributed by atoms with E-state index < -0.39 is 0 Å². The van der Waals surface area contributed by atoms with Crippen LogP contribution in [0.4, 0.5) is 0 Å². The van der Waals surface area contributed by atoms with E-state index in [2.05, 4.69) is 10.6 Å². The number of hydrogen-bond acceptors (Lipinski definition) is 4. The molecule has 2 fully saturated rings. The number of amides is 1. The largest absolute Gasteiger partial charge is 0.391 e. The van der Waals surface area contributed by atoms with Gasteiger partial charge in [-0.15, -0.1) is 0 Å². The van der Waals surface area contributed by atoms with E-state index in [1.165, 1.54) is 12.8 Å². The normalized spacial score (nSPS) is 29.6. The Bertz CT molecular complexity index is 292. The second-order valence-electron chi connectivity index (χ2n) is 5.67. The van der Waals surface area contributed by atoms with Crippen LogP contribution in [0.1, 0.15) is 39.0 Å². The van der Waals surface area contributed by atoms with Crippen molar-refractivity contribution in [3.05, 3.63) is 0 Å². The molecule has 1 saturated heterocycles. The highest BCUT2D eigenvalue weighted by Gasteiger charge is 2.28. The van der Waals surface area contributed by atoms with E-state index in [4.69, 9.17) is 4.74 Å². The van der Waals surface area contributed by atoms with E-state index in [-0.39, 0.29) is 30.1 Å². The molecule has 0 aromatic carbocycles. The van der Waals surface area contributed by atoms with Crippen LogP contribution in [0.3, 0.4) is 0 Å². The lowest BCUT2D eigenvalue weighted by Crippen LogP contribution is -2.42. The quantitative estimate of drug-likeness (QED) is 0.654. The summed E-state index contributed by atoms with van der Waals surface area (Å²) in [4.78, 5) is 12.1. The Balaban J connectivity index is 1.72. The molecule has 110 valence electrons. The lowest BCUT2D eigenvalue weighted by atomic mass is 10.1. The van der Waals surface area contributed by atoms with E-state index in [1.54, 1.807) is 0 Å². The van der Waals surface area contributed by atoms with Gasteiger partial charge in [0.05, 0.1) is 12.2 Å². The summed E-state index contributed by atoms with van der Waals surface area (Å²) in [7, 11) is 0. The van der Waals surface area contributed by atoms with E-state index in [0.717, 1.165) is 19.4 Å². The van der Waals surface area contributed by atoms with Crippen molar-refractivity contribution in [2.24, 2.45) is 5.92 Å². The molecule has 3 N–H and O–H groups in total. The highest BCUT2D eigenvalue weighted by molar-refractivity contribution is 5.80. The van der Waals surface area contributed by atoms with Gasteiger partial charge in [-0.2, -0.15) is 0 Å². The number of aliphatic hydroxyl groups excluding tert-OH is 1. The van der Waals surface area contributed by atoms with Crippen LogP contribution in [-0.4, -0.2) is 49.0 Å². The zero-order valence-electron chi connectivity index (χ0n) is 11.7. The standard InChI is InChI=1S/C14H26N2O3/c1-2-13(19-11-5-3-4-6-11)14(18)16-8-10-7-15-9-12(10)17/h10-13,15,17H,2-9H2,1H3,(H,16,18). The summed E-state index contributed by atoms with van der Waals surface area (Å²) < 4.78 is 5.87. The molecule has 2 aliphatic rings. The van der Waals surface area contributed by atoms with Crippen LogP contribution >= 0.6 is 0 Å². The summed E-state index contributed by atoms with van der Waals surface area (Å²) in [5.41, 5.74) is 0. The van der Waals surface area contributed by atoms with E-state index in [9.17, 15) is 9.90 Å². The molecule has 2 rings (SSSR count). The van der Waals surface area contributed by atoms with Gasteiger partial charge in [-0.1, -0.05) is 19.8 Å². The van der Waals surface area contributed by atoms with Gasteiger partial charge in [-0.3, -0.25) is 4.79 Å². The maximum Gasteiger partial charge on any atom is 0.249 e. The zero-order chi connectivity index (χ0) is 13.7. The molecule has 1 aliphatic heterocycles. The van der Waals surface area contributed by atoms with Crippen molar-refractivity contribution >= 4 is 5.91 Å². The van der Waals surface area contributed by atoms with Crippen molar-refractivity contribution in [1.82, 2.24) is 10.6 Å².